The van der Waals surface area contributed by atoms with Crippen molar-refractivity contribution in [1.82, 2.24) is 10.9 Å². The van der Waals surface area contributed by atoms with E-state index < -0.39 is 18.3 Å². The number of hydrogen-bond donors (Lipinski definition) is 2. The Kier molecular flexibility index (Phi) is 5.21. The molecule has 2 aliphatic rings. The molecule has 1 heterocycles. The van der Waals surface area contributed by atoms with Gasteiger partial charge in [0, 0.05) is 11.2 Å². The zero-order chi connectivity index (χ0) is 15.2. The number of allylic oxidation sites excluding steroid dienone is 4. The van der Waals surface area contributed by atoms with Crippen molar-refractivity contribution in [2.24, 2.45) is 5.92 Å². The van der Waals surface area contributed by atoms with E-state index in [1.165, 1.54) is 11.8 Å². The van der Waals surface area contributed by atoms with E-state index in [0.717, 1.165) is 0 Å². The van der Waals surface area contributed by atoms with Gasteiger partial charge in [0.15, 0.2) is 0 Å². The molecule has 0 aromatic rings. The third kappa shape index (κ3) is 4.22. The van der Waals surface area contributed by atoms with E-state index in [-0.39, 0.29) is 23.7 Å². The van der Waals surface area contributed by atoms with Gasteiger partial charge in [0.05, 0.1) is 11.5 Å². The first-order chi connectivity index (χ1) is 10.1. The Balaban J connectivity index is 1.78. The standard InChI is InChI=1S/C14H16N2O4S/c1-2-20-13(18)8-12(17)15-16-14(19)11-7-9-5-3-4-6-10(9)21-11/h3-7,9-10H,2,8H2,1H3,(H,15,17)(H,16,19). The van der Waals surface area contributed by atoms with Crippen molar-refractivity contribution in [3.63, 3.8) is 0 Å². The van der Waals surface area contributed by atoms with E-state index in [4.69, 9.17) is 0 Å². The quantitative estimate of drug-likeness (QED) is 0.456. The number of carbonyl (C=O) groups is 3. The summed E-state index contributed by atoms with van der Waals surface area (Å²) in [5.41, 5.74) is 4.50. The van der Waals surface area contributed by atoms with Gasteiger partial charge in [-0.15, -0.1) is 11.8 Å². The second-order valence-electron chi connectivity index (χ2n) is 4.44. The number of nitrogens with one attached hydrogen (secondary N) is 2. The van der Waals surface area contributed by atoms with Crippen LogP contribution in [0.15, 0.2) is 35.3 Å². The molecule has 0 saturated heterocycles. The van der Waals surface area contributed by atoms with Gasteiger partial charge >= 0.3 is 5.97 Å². The highest BCUT2D eigenvalue weighted by atomic mass is 32.2. The summed E-state index contributed by atoms with van der Waals surface area (Å²) in [5, 5.41) is 0.228. The van der Waals surface area contributed by atoms with Crippen LogP contribution in [0.2, 0.25) is 0 Å². The van der Waals surface area contributed by atoms with Crippen molar-refractivity contribution in [1.29, 1.82) is 0 Å². The van der Waals surface area contributed by atoms with Crippen LogP contribution in [0.4, 0.5) is 0 Å². The van der Waals surface area contributed by atoms with Crippen LogP contribution in [0.3, 0.4) is 0 Å². The number of esters is 1. The maximum Gasteiger partial charge on any atom is 0.315 e. The summed E-state index contributed by atoms with van der Waals surface area (Å²) in [4.78, 5) is 35.0. The van der Waals surface area contributed by atoms with Gasteiger partial charge in [-0.25, -0.2) is 0 Å². The highest BCUT2D eigenvalue weighted by Crippen LogP contribution is 2.39. The lowest BCUT2D eigenvalue weighted by atomic mass is 10.0. The summed E-state index contributed by atoms with van der Waals surface area (Å²) in [7, 11) is 0. The molecule has 2 amide bonds. The lowest BCUT2D eigenvalue weighted by molar-refractivity contribution is -0.146. The monoisotopic (exact) mass is 308 g/mol. The van der Waals surface area contributed by atoms with Crippen LogP contribution in [0.5, 0.6) is 0 Å². The summed E-state index contributed by atoms with van der Waals surface area (Å²) in [6, 6.07) is 0. The Morgan fingerprint density at radius 1 is 1.24 bits per heavy atom. The van der Waals surface area contributed by atoms with E-state index in [1.54, 1.807) is 6.92 Å². The summed E-state index contributed by atoms with van der Waals surface area (Å²) < 4.78 is 4.64. The molecule has 2 atom stereocenters. The van der Waals surface area contributed by atoms with Crippen molar-refractivity contribution in [3.8, 4) is 0 Å². The summed E-state index contributed by atoms with van der Waals surface area (Å²) >= 11 is 1.44. The lowest BCUT2D eigenvalue weighted by Gasteiger charge is -2.12. The predicted octanol–water partition coefficient (Wildman–Crippen LogP) is 0.828. The van der Waals surface area contributed by atoms with Gasteiger partial charge in [-0.3, -0.25) is 25.2 Å². The van der Waals surface area contributed by atoms with Gasteiger partial charge in [-0.05, 0) is 6.92 Å². The van der Waals surface area contributed by atoms with E-state index in [1.807, 2.05) is 30.4 Å². The van der Waals surface area contributed by atoms with Crippen molar-refractivity contribution >= 4 is 29.5 Å². The number of carbonyl (C=O) groups excluding carboxylic acids is 3. The van der Waals surface area contributed by atoms with Gasteiger partial charge < -0.3 is 4.74 Å². The Labute approximate surface area is 126 Å². The fraction of sp³-hybridized carbons (Fsp3) is 0.357. The summed E-state index contributed by atoms with van der Waals surface area (Å²) in [6.07, 6.45) is 9.39. The van der Waals surface area contributed by atoms with Crippen molar-refractivity contribution in [2.45, 2.75) is 18.6 Å². The molecular weight excluding hydrogens is 292 g/mol. The molecule has 1 aliphatic carbocycles. The Bertz CT molecular complexity index is 539. The number of amides is 2. The third-order valence-electron chi connectivity index (χ3n) is 2.88. The van der Waals surface area contributed by atoms with E-state index in [0.29, 0.717) is 4.91 Å². The summed E-state index contributed by atoms with van der Waals surface area (Å²) in [6.45, 7) is 1.87. The molecule has 2 unspecified atom stereocenters. The van der Waals surface area contributed by atoms with Crippen LogP contribution in [0.1, 0.15) is 13.3 Å². The van der Waals surface area contributed by atoms with Crippen LogP contribution in [-0.4, -0.2) is 29.6 Å². The Hall–Kier alpha value is -2.02. The first kappa shape index (κ1) is 15.4. The predicted molar refractivity (Wildman–Crippen MR) is 78.8 cm³/mol. The second kappa shape index (κ2) is 7.12. The Morgan fingerprint density at radius 3 is 2.71 bits per heavy atom. The average Bonchev–Trinajstić information content (AvgIpc) is 2.89. The number of thioether (sulfide) groups is 1. The minimum Gasteiger partial charge on any atom is -0.466 e. The second-order valence-corrected chi connectivity index (χ2v) is 5.66. The maximum atomic E-state index is 11.9. The number of rotatable bonds is 4. The zero-order valence-electron chi connectivity index (χ0n) is 11.5. The molecule has 1 aliphatic heterocycles. The van der Waals surface area contributed by atoms with Gasteiger partial charge in [0.25, 0.3) is 5.91 Å². The van der Waals surface area contributed by atoms with Gasteiger partial charge in [0.1, 0.15) is 6.42 Å². The molecule has 0 bridgehead atoms. The number of hydrazine groups is 1. The van der Waals surface area contributed by atoms with Crippen LogP contribution < -0.4 is 10.9 Å². The first-order valence-corrected chi connectivity index (χ1v) is 7.46. The van der Waals surface area contributed by atoms with Crippen LogP contribution in [-0.2, 0) is 19.1 Å². The molecule has 0 radical (unpaired) electrons. The van der Waals surface area contributed by atoms with Crippen LogP contribution >= 0.6 is 11.8 Å². The number of hydrogen-bond acceptors (Lipinski definition) is 5. The molecule has 21 heavy (non-hydrogen) atoms. The maximum absolute atomic E-state index is 11.9. The van der Waals surface area contributed by atoms with Gasteiger partial charge in [-0.2, -0.15) is 0 Å². The minimum absolute atomic E-state index is 0.205. The van der Waals surface area contributed by atoms with Crippen molar-refractivity contribution < 1.29 is 19.1 Å². The molecule has 2 rings (SSSR count). The SMILES string of the molecule is CCOC(=O)CC(=O)NNC(=O)C1=CC2C=CC=CC2S1. The lowest BCUT2D eigenvalue weighted by Crippen LogP contribution is -2.42. The molecule has 0 spiro atoms. The number of fused-ring (bicyclic) bond motifs is 1. The largest absolute Gasteiger partial charge is 0.466 e. The minimum atomic E-state index is -0.625. The molecule has 6 nitrogen and oxygen atoms in total. The smallest absolute Gasteiger partial charge is 0.315 e. The molecule has 0 aromatic carbocycles. The first-order valence-electron chi connectivity index (χ1n) is 6.58. The van der Waals surface area contributed by atoms with Crippen LogP contribution in [0, 0.1) is 5.92 Å². The van der Waals surface area contributed by atoms with Gasteiger partial charge in [0.2, 0.25) is 5.91 Å². The molecular formula is C14H16N2O4S. The summed E-state index contributed by atoms with van der Waals surface area (Å²) in [5.74, 6) is -1.41. The highest BCUT2D eigenvalue weighted by molar-refractivity contribution is 8.05. The van der Waals surface area contributed by atoms with E-state index in [2.05, 4.69) is 15.6 Å². The van der Waals surface area contributed by atoms with E-state index in [9.17, 15) is 14.4 Å². The fourth-order valence-electron chi connectivity index (χ4n) is 1.94. The molecule has 7 heteroatoms. The highest BCUT2D eigenvalue weighted by Gasteiger charge is 2.29. The average molecular weight is 308 g/mol. The van der Waals surface area contributed by atoms with Crippen molar-refractivity contribution in [2.75, 3.05) is 6.61 Å². The molecule has 2 N–H and O–H groups in total. The Morgan fingerprint density at radius 2 is 2.00 bits per heavy atom. The van der Waals surface area contributed by atoms with E-state index >= 15 is 0 Å². The van der Waals surface area contributed by atoms with Gasteiger partial charge in [-0.1, -0.05) is 30.4 Å². The van der Waals surface area contributed by atoms with Crippen LogP contribution in [0.25, 0.3) is 0 Å². The topological polar surface area (TPSA) is 84.5 Å². The molecule has 0 fully saturated rings. The third-order valence-corrected chi connectivity index (χ3v) is 4.20. The normalized spacial score (nSPS) is 22.2. The molecule has 112 valence electrons. The molecule has 0 saturated carbocycles. The molecule has 0 aromatic heterocycles. The zero-order valence-corrected chi connectivity index (χ0v) is 12.3. The van der Waals surface area contributed by atoms with Crippen molar-refractivity contribution in [3.05, 3.63) is 35.3 Å². The number of ether oxygens (including phenoxy) is 1. The fourth-order valence-corrected chi connectivity index (χ4v) is 3.12.